The number of anilines is 1. The number of aromatic nitrogens is 2. The summed E-state index contributed by atoms with van der Waals surface area (Å²) in [6.07, 6.45) is 0.565. The summed E-state index contributed by atoms with van der Waals surface area (Å²) in [4.78, 5) is 20.4. The van der Waals surface area contributed by atoms with Crippen molar-refractivity contribution in [2.24, 2.45) is 5.73 Å². The normalized spacial score (nSPS) is 18.2. The molecule has 0 bridgehead atoms. The van der Waals surface area contributed by atoms with Crippen molar-refractivity contribution in [3.05, 3.63) is 53.8 Å². The standard InChI is InChI=1S/C20H18F4N4O3S/c1-30-15(25)7-14(32)19(29)28-18-16(11-6-10(21)2-3-12(11)22)26-9-27-17(18)13-4-5-20(23,24)8-31-13/h2-3,6-7,9,13H,4-5,8,25H2,1H3,(H,28,29)/b15-7+. The molecule has 1 unspecified atom stereocenters. The Morgan fingerprint density at radius 2 is 2.12 bits per heavy atom. The topological polar surface area (TPSA) is 99.4 Å². The fourth-order valence-corrected chi connectivity index (χ4v) is 3.18. The van der Waals surface area contributed by atoms with Crippen LogP contribution < -0.4 is 11.1 Å². The lowest BCUT2D eigenvalue weighted by atomic mass is 10.00. The Labute approximate surface area is 185 Å². The van der Waals surface area contributed by atoms with Crippen LogP contribution in [-0.2, 0) is 14.3 Å². The number of hydrogen-bond donors (Lipinski definition) is 2. The Balaban J connectivity index is 2.07. The summed E-state index contributed by atoms with van der Waals surface area (Å²) in [6, 6.07) is 2.69. The molecule has 0 radical (unpaired) electrons. The highest BCUT2D eigenvalue weighted by atomic mass is 32.1. The van der Waals surface area contributed by atoms with Crippen LogP contribution in [0.2, 0.25) is 0 Å². The summed E-state index contributed by atoms with van der Waals surface area (Å²) in [5, 5.41) is 2.45. The van der Waals surface area contributed by atoms with Crippen molar-refractivity contribution in [3.8, 4) is 11.3 Å². The maximum absolute atomic E-state index is 14.5. The van der Waals surface area contributed by atoms with E-state index in [1.807, 2.05) is 0 Å². The lowest BCUT2D eigenvalue weighted by Crippen LogP contribution is -2.32. The first kappa shape index (κ1) is 23.5. The fraction of sp³-hybridized carbons (Fsp3) is 0.300. The van der Waals surface area contributed by atoms with E-state index in [-0.39, 0.29) is 39.8 Å². The SMILES string of the molecule is CO/C(N)=C/C(=S)C(=O)Nc1c(-c2cc(F)ccc2F)ncnc1C1CCC(F)(F)CO1. The third-order valence-electron chi connectivity index (χ3n) is 4.60. The molecule has 170 valence electrons. The van der Waals surface area contributed by atoms with E-state index in [2.05, 4.69) is 15.3 Å². The lowest BCUT2D eigenvalue weighted by Gasteiger charge is -2.29. The average Bonchev–Trinajstić information content (AvgIpc) is 2.75. The molecule has 1 aliphatic rings. The molecule has 12 heteroatoms. The van der Waals surface area contributed by atoms with Crippen LogP contribution in [0.15, 0.2) is 36.5 Å². The first-order valence-electron chi connectivity index (χ1n) is 9.27. The van der Waals surface area contributed by atoms with Crippen molar-refractivity contribution in [2.75, 3.05) is 19.0 Å². The van der Waals surface area contributed by atoms with Gasteiger partial charge in [-0.15, -0.1) is 0 Å². The number of benzene rings is 1. The van der Waals surface area contributed by atoms with E-state index in [0.717, 1.165) is 30.6 Å². The number of nitrogens with zero attached hydrogens (tertiary/aromatic N) is 2. The molecular formula is C20H18F4N4O3S. The minimum Gasteiger partial charge on any atom is -0.483 e. The number of nitrogens with two attached hydrogens (primary N) is 1. The molecule has 3 rings (SSSR count). The van der Waals surface area contributed by atoms with Crippen LogP contribution in [0.5, 0.6) is 0 Å². The van der Waals surface area contributed by atoms with Crippen molar-refractivity contribution in [1.29, 1.82) is 0 Å². The molecule has 0 spiro atoms. The highest BCUT2D eigenvalue weighted by molar-refractivity contribution is 7.82. The minimum atomic E-state index is -3.01. The van der Waals surface area contributed by atoms with Gasteiger partial charge in [0, 0.05) is 18.1 Å². The number of halogens is 4. The maximum Gasteiger partial charge on any atom is 0.271 e. The average molecular weight is 470 g/mol. The molecule has 2 heterocycles. The number of thiocarbonyl (C=S) groups is 1. The maximum atomic E-state index is 14.5. The van der Waals surface area contributed by atoms with Crippen molar-refractivity contribution >= 4 is 28.7 Å². The Bertz CT molecular complexity index is 1070. The molecule has 1 fully saturated rings. The van der Waals surface area contributed by atoms with Gasteiger partial charge in [0.25, 0.3) is 11.8 Å². The zero-order valence-corrected chi connectivity index (χ0v) is 17.5. The first-order valence-corrected chi connectivity index (χ1v) is 9.68. The highest BCUT2D eigenvalue weighted by Gasteiger charge is 2.38. The molecule has 1 atom stereocenters. The molecule has 1 aliphatic heterocycles. The van der Waals surface area contributed by atoms with Crippen LogP contribution in [0.3, 0.4) is 0 Å². The molecule has 2 aromatic rings. The third-order valence-corrected chi connectivity index (χ3v) is 4.91. The zero-order valence-electron chi connectivity index (χ0n) is 16.7. The van der Waals surface area contributed by atoms with E-state index in [9.17, 15) is 22.4 Å². The summed E-state index contributed by atoms with van der Waals surface area (Å²) in [5.74, 6) is -5.57. The molecule has 7 nitrogen and oxygen atoms in total. The quantitative estimate of drug-likeness (QED) is 0.288. The summed E-state index contributed by atoms with van der Waals surface area (Å²) < 4.78 is 65.4. The number of alkyl halides is 2. The van der Waals surface area contributed by atoms with Crippen molar-refractivity contribution < 1.29 is 31.8 Å². The Kier molecular flexibility index (Phi) is 7.04. The van der Waals surface area contributed by atoms with Gasteiger partial charge in [-0.1, -0.05) is 12.2 Å². The number of amides is 1. The van der Waals surface area contributed by atoms with Gasteiger partial charge in [0.1, 0.15) is 41.2 Å². The number of hydrogen-bond acceptors (Lipinski definition) is 7. The largest absolute Gasteiger partial charge is 0.483 e. The van der Waals surface area contributed by atoms with E-state index < -0.39 is 42.6 Å². The fourth-order valence-electron chi connectivity index (χ4n) is 3.01. The number of nitrogens with one attached hydrogen (secondary N) is 1. The second kappa shape index (κ2) is 9.57. The van der Waals surface area contributed by atoms with Crippen LogP contribution >= 0.6 is 12.2 Å². The number of rotatable bonds is 6. The van der Waals surface area contributed by atoms with E-state index >= 15 is 0 Å². The van der Waals surface area contributed by atoms with Gasteiger partial charge >= 0.3 is 0 Å². The Hall–Kier alpha value is -3.12. The second-order valence-electron chi connectivity index (χ2n) is 6.87. The van der Waals surface area contributed by atoms with E-state index in [0.29, 0.717) is 0 Å². The summed E-state index contributed by atoms with van der Waals surface area (Å²) >= 11 is 5.00. The van der Waals surface area contributed by atoms with Crippen molar-refractivity contribution in [2.45, 2.75) is 24.9 Å². The smallest absolute Gasteiger partial charge is 0.271 e. The monoisotopic (exact) mass is 470 g/mol. The molecule has 32 heavy (non-hydrogen) atoms. The predicted molar refractivity (Wildman–Crippen MR) is 111 cm³/mol. The number of methoxy groups -OCH3 is 1. The van der Waals surface area contributed by atoms with Crippen LogP contribution in [0, 0.1) is 11.6 Å². The lowest BCUT2D eigenvalue weighted by molar-refractivity contribution is -0.146. The summed E-state index contributed by atoms with van der Waals surface area (Å²) in [5.41, 5.74) is 4.92. The van der Waals surface area contributed by atoms with Gasteiger partial charge in [0.05, 0.1) is 18.5 Å². The van der Waals surface area contributed by atoms with Gasteiger partial charge in [-0.05, 0) is 24.6 Å². The van der Waals surface area contributed by atoms with E-state index in [1.54, 1.807) is 0 Å². The van der Waals surface area contributed by atoms with Gasteiger partial charge in [-0.2, -0.15) is 0 Å². The summed E-state index contributed by atoms with van der Waals surface area (Å²) in [7, 11) is 1.27. The van der Waals surface area contributed by atoms with Gasteiger partial charge in [-0.3, -0.25) is 4.79 Å². The molecule has 1 saturated heterocycles. The van der Waals surface area contributed by atoms with Gasteiger partial charge in [0.2, 0.25) is 0 Å². The molecule has 0 aliphatic carbocycles. The highest BCUT2D eigenvalue weighted by Crippen LogP contribution is 2.40. The van der Waals surface area contributed by atoms with Gasteiger partial charge in [-0.25, -0.2) is 27.5 Å². The molecule has 1 aromatic carbocycles. The molecule has 3 N–H and O–H groups in total. The van der Waals surface area contributed by atoms with Crippen molar-refractivity contribution in [3.63, 3.8) is 0 Å². The number of ether oxygens (including phenoxy) is 2. The molecule has 1 amide bonds. The van der Waals surface area contributed by atoms with Crippen LogP contribution in [-0.4, -0.2) is 40.4 Å². The molecule has 0 saturated carbocycles. The van der Waals surface area contributed by atoms with E-state index in [4.69, 9.17) is 27.4 Å². The summed E-state index contributed by atoms with van der Waals surface area (Å²) in [6.45, 7) is -0.857. The van der Waals surface area contributed by atoms with Gasteiger partial charge < -0.3 is 20.5 Å². The zero-order chi connectivity index (χ0) is 23.5. The van der Waals surface area contributed by atoms with Crippen LogP contribution in [0.25, 0.3) is 11.3 Å². The third kappa shape index (κ3) is 5.37. The van der Waals surface area contributed by atoms with E-state index in [1.165, 1.54) is 7.11 Å². The number of carbonyl (C=O) groups is 1. The van der Waals surface area contributed by atoms with Gasteiger partial charge in [0.15, 0.2) is 5.88 Å². The first-order chi connectivity index (χ1) is 15.1. The molecular weight excluding hydrogens is 452 g/mol. The Morgan fingerprint density at radius 1 is 1.38 bits per heavy atom. The Morgan fingerprint density at radius 3 is 2.78 bits per heavy atom. The second-order valence-corrected chi connectivity index (χ2v) is 7.31. The molecule has 1 aromatic heterocycles. The number of carbonyl (C=O) groups excluding carboxylic acids is 1. The van der Waals surface area contributed by atoms with Crippen LogP contribution in [0.1, 0.15) is 24.6 Å². The van der Waals surface area contributed by atoms with Crippen molar-refractivity contribution in [1.82, 2.24) is 9.97 Å². The van der Waals surface area contributed by atoms with Crippen LogP contribution in [0.4, 0.5) is 23.2 Å². The minimum absolute atomic E-state index is 0.0222. The predicted octanol–water partition coefficient (Wildman–Crippen LogP) is 3.66.